The number of hydrogen-bond donors (Lipinski definition) is 2. The van der Waals surface area contributed by atoms with E-state index in [0.717, 1.165) is 37.8 Å². The fourth-order valence-corrected chi connectivity index (χ4v) is 3.37. The van der Waals surface area contributed by atoms with E-state index in [1.54, 1.807) is 0 Å². The lowest BCUT2D eigenvalue weighted by Crippen LogP contribution is -2.48. The van der Waals surface area contributed by atoms with E-state index >= 15 is 0 Å². The van der Waals surface area contributed by atoms with Crippen molar-refractivity contribution in [2.75, 3.05) is 0 Å². The summed E-state index contributed by atoms with van der Waals surface area (Å²) >= 11 is 5.80. The molecule has 0 aromatic heterocycles. The van der Waals surface area contributed by atoms with Gasteiger partial charge in [0.25, 0.3) is 5.91 Å². The third-order valence-electron chi connectivity index (χ3n) is 4.06. The molecule has 1 aromatic carbocycles. The second-order valence-corrected chi connectivity index (χ2v) is 5.93. The summed E-state index contributed by atoms with van der Waals surface area (Å²) in [6.07, 6.45) is 3.99. The number of rotatable bonds is 2. The van der Waals surface area contributed by atoms with Gasteiger partial charge in [0.2, 0.25) is 0 Å². The SMILES string of the molecule is O=C(NC1CC2CCC(C1)N2)c1cc(F)c(F)cc1Cl. The van der Waals surface area contributed by atoms with Gasteiger partial charge in [-0.05, 0) is 37.8 Å². The molecule has 2 fully saturated rings. The van der Waals surface area contributed by atoms with Crippen molar-refractivity contribution in [1.29, 1.82) is 0 Å². The average molecular weight is 301 g/mol. The number of benzene rings is 1. The normalized spacial score (nSPS) is 28.4. The number of nitrogens with one attached hydrogen (secondary N) is 2. The summed E-state index contributed by atoms with van der Waals surface area (Å²) in [5.41, 5.74) is -0.0172. The van der Waals surface area contributed by atoms with Crippen LogP contribution in [0.25, 0.3) is 0 Å². The van der Waals surface area contributed by atoms with E-state index in [0.29, 0.717) is 12.1 Å². The monoisotopic (exact) mass is 300 g/mol. The molecule has 2 atom stereocenters. The van der Waals surface area contributed by atoms with Crippen molar-refractivity contribution >= 4 is 17.5 Å². The number of halogens is 3. The zero-order chi connectivity index (χ0) is 14.3. The Bertz CT molecular complexity index is 540. The van der Waals surface area contributed by atoms with Crippen LogP contribution in [-0.2, 0) is 0 Å². The Labute approximate surface area is 120 Å². The molecule has 1 aromatic rings. The molecule has 2 bridgehead atoms. The van der Waals surface area contributed by atoms with E-state index in [1.807, 2.05) is 0 Å². The second-order valence-electron chi connectivity index (χ2n) is 5.53. The van der Waals surface area contributed by atoms with Gasteiger partial charge in [-0.25, -0.2) is 8.78 Å². The Morgan fingerprint density at radius 1 is 1.20 bits per heavy atom. The third kappa shape index (κ3) is 2.65. The largest absolute Gasteiger partial charge is 0.349 e. The van der Waals surface area contributed by atoms with Gasteiger partial charge in [0, 0.05) is 18.1 Å². The Morgan fingerprint density at radius 2 is 1.80 bits per heavy atom. The minimum atomic E-state index is -1.06. The molecule has 0 radical (unpaired) electrons. The van der Waals surface area contributed by atoms with Gasteiger partial charge in [-0.15, -0.1) is 0 Å². The van der Waals surface area contributed by atoms with E-state index in [1.165, 1.54) is 0 Å². The summed E-state index contributed by atoms with van der Waals surface area (Å²) in [5, 5.41) is 6.27. The summed E-state index contributed by atoms with van der Waals surface area (Å²) in [6.45, 7) is 0. The Kier molecular flexibility index (Phi) is 3.65. The van der Waals surface area contributed by atoms with Crippen LogP contribution in [0.2, 0.25) is 5.02 Å². The van der Waals surface area contributed by atoms with E-state index in [9.17, 15) is 13.6 Å². The van der Waals surface area contributed by atoms with Crippen LogP contribution >= 0.6 is 11.6 Å². The fourth-order valence-electron chi connectivity index (χ4n) is 3.13. The molecule has 0 saturated carbocycles. The maximum atomic E-state index is 13.2. The molecule has 2 heterocycles. The van der Waals surface area contributed by atoms with Crippen LogP contribution in [0, 0.1) is 11.6 Å². The molecule has 3 nitrogen and oxygen atoms in total. The molecule has 3 rings (SSSR count). The quantitative estimate of drug-likeness (QED) is 0.825. The van der Waals surface area contributed by atoms with E-state index in [2.05, 4.69) is 10.6 Å². The number of amides is 1. The van der Waals surface area contributed by atoms with Gasteiger partial charge in [0.1, 0.15) is 0 Å². The molecule has 0 aliphatic carbocycles. The van der Waals surface area contributed by atoms with Crippen LogP contribution in [0.3, 0.4) is 0 Å². The fraction of sp³-hybridized carbons (Fsp3) is 0.500. The number of hydrogen-bond acceptors (Lipinski definition) is 2. The molecule has 2 saturated heterocycles. The first kappa shape index (κ1) is 13.8. The number of carbonyl (C=O) groups excluding carboxylic acids is 1. The first-order chi connectivity index (χ1) is 9.52. The van der Waals surface area contributed by atoms with Crippen molar-refractivity contribution < 1.29 is 13.6 Å². The summed E-state index contributed by atoms with van der Waals surface area (Å²) in [4.78, 5) is 12.1. The van der Waals surface area contributed by atoms with Crippen LogP contribution < -0.4 is 10.6 Å². The molecule has 108 valence electrons. The summed E-state index contributed by atoms with van der Waals surface area (Å²) in [7, 11) is 0. The third-order valence-corrected chi connectivity index (χ3v) is 4.38. The van der Waals surface area contributed by atoms with Crippen LogP contribution in [0.4, 0.5) is 8.78 Å². The first-order valence-electron chi connectivity index (χ1n) is 6.74. The smallest absolute Gasteiger partial charge is 0.253 e. The van der Waals surface area contributed by atoms with Gasteiger partial charge in [0.05, 0.1) is 10.6 Å². The molecular formula is C14H15ClF2N2O. The molecule has 0 spiro atoms. The van der Waals surface area contributed by atoms with Gasteiger partial charge in [-0.1, -0.05) is 11.6 Å². The van der Waals surface area contributed by atoms with E-state index < -0.39 is 17.5 Å². The maximum Gasteiger partial charge on any atom is 0.253 e. The first-order valence-corrected chi connectivity index (χ1v) is 7.12. The minimum absolute atomic E-state index is 0.0172. The Morgan fingerprint density at radius 3 is 2.45 bits per heavy atom. The highest BCUT2D eigenvalue weighted by atomic mass is 35.5. The zero-order valence-corrected chi connectivity index (χ0v) is 11.5. The van der Waals surface area contributed by atoms with Crippen molar-refractivity contribution in [3.63, 3.8) is 0 Å². The van der Waals surface area contributed by atoms with Crippen molar-refractivity contribution in [1.82, 2.24) is 10.6 Å². The highest BCUT2D eigenvalue weighted by molar-refractivity contribution is 6.33. The van der Waals surface area contributed by atoms with Gasteiger partial charge in [0.15, 0.2) is 11.6 Å². The predicted molar refractivity (Wildman–Crippen MR) is 71.8 cm³/mol. The highest BCUT2D eigenvalue weighted by Crippen LogP contribution is 2.27. The number of carbonyl (C=O) groups is 1. The lowest BCUT2D eigenvalue weighted by atomic mass is 9.99. The van der Waals surface area contributed by atoms with Crippen molar-refractivity contribution in [2.45, 2.75) is 43.8 Å². The van der Waals surface area contributed by atoms with Gasteiger partial charge >= 0.3 is 0 Å². The lowest BCUT2D eigenvalue weighted by Gasteiger charge is -2.29. The number of piperidine rings is 1. The van der Waals surface area contributed by atoms with E-state index in [-0.39, 0.29) is 16.6 Å². The van der Waals surface area contributed by atoms with Gasteiger partial charge < -0.3 is 10.6 Å². The van der Waals surface area contributed by atoms with Crippen LogP contribution in [0.15, 0.2) is 12.1 Å². The summed E-state index contributed by atoms with van der Waals surface area (Å²) in [6, 6.07) is 2.63. The average Bonchev–Trinajstić information content (AvgIpc) is 2.73. The van der Waals surface area contributed by atoms with Gasteiger partial charge in [-0.3, -0.25) is 4.79 Å². The topological polar surface area (TPSA) is 41.1 Å². The molecular weight excluding hydrogens is 286 g/mol. The second kappa shape index (κ2) is 5.30. The summed E-state index contributed by atoms with van der Waals surface area (Å²) in [5.74, 6) is -2.56. The lowest BCUT2D eigenvalue weighted by molar-refractivity contribution is 0.0923. The maximum absolute atomic E-state index is 13.2. The molecule has 1 amide bonds. The molecule has 2 aliphatic heterocycles. The van der Waals surface area contributed by atoms with Crippen molar-refractivity contribution in [3.8, 4) is 0 Å². The van der Waals surface area contributed by atoms with Crippen LogP contribution in [0.1, 0.15) is 36.0 Å². The molecule has 6 heteroatoms. The zero-order valence-electron chi connectivity index (χ0n) is 10.8. The summed E-state index contributed by atoms with van der Waals surface area (Å²) < 4.78 is 26.2. The minimum Gasteiger partial charge on any atom is -0.349 e. The molecule has 20 heavy (non-hydrogen) atoms. The predicted octanol–water partition coefficient (Wildman–Crippen LogP) is 2.63. The highest BCUT2D eigenvalue weighted by Gasteiger charge is 2.34. The standard InChI is InChI=1S/C14H15ClF2N2O/c15-11-6-13(17)12(16)5-10(11)14(20)19-9-3-7-1-2-8(4-9)18-7/h5-9,18H,1-4H2,(H,19,20). The molecule has 2 aliphatic rings. The number of fused-ring (bicyclic) bond motifs is 2. The van der Waals surface area contributed by atoms with Gasteiger partial charge in [-0.2, -0.15) is 0 Å². The Hall–Kier alpha value is -1.20. The van der Waals surface area contributed by atoms with Crippen LogP contribution in [0.5, 0.6) is 0 Å². The molecule has 2 N–H and O–H groups in total. The van der Waals surface area contributed by atoms with Crippen molar-refractivity contribution in [3.05, 3.63) is 34.4 Å². The Balaban J connectivity index is 1.72. The molecule has 2 unspecified atom stereocenters. The van der Waals surface area contributed by atoms with Crippen molar-refractivity contribution in [2.24, 2.45) is 0 Å². The van der Waals surface area contributed by atoms with E-state index in [4.69, 9.17) is 11.6 Å². The van der Waals surface area contributed by atoms with Crippen LogP contribution in [-0.4, -0.2) is 24.0 Å².